The zero-order chi connectivity index (χ0) is 13.2. The van der Waals surface area contributed by atoms with Gasteiger partial charge in [0.15, 0.2) is 9.84 Å². The van der Waals surface area contributed by atoms with Crippen molar-refractivity contribution >= 4 is 25.8 Å². The molecule has 0 saturated carbocycles. The summed E-state index contributed by atoms with van der Waals surface area (Å²) in [4.78, 5) is 0. The first-order valence-electron chi connectivity index (χ1n) is 5.10. The van der Waals surface area contributed by atoms with Crippen LogP contribution in [0, 0.1) is 5.82 Å². The van der Waals surface area contributed by atoms with Gasteiger partial charge < -0.3 is 5.73 Å². The molecule has 6 heteroatoms. The Balaban J connectivity index is 2.85. The van der Waals surface area contributed by atoms with Gasteiger partial charge in [0.2, 0.25) is 0 Å². The molecule has 1 rings (SSSR count). The van der Waals surface area contributed by atoms with Gasteiger partial charge in [-0.1, -0.05) is 22.0 Å². The smallest absolute Gasteiger partial charge is 0.151 e. The first kappa shape index (κ1) is 14.6. The molecule has 3 nitrogen and oxygen atoms in total. The van der Waals surface area contributed by atoms with Crippen molar-refractivity contribution in [2.75, 3.05) is 6.26 Å². The summed E-state index contributed by atoms with van der Waals surface area (Å²) in [6.07, 6.45) is 1.34. The van der Waals surface area contributed by atoms with Gasteiger partial charge in [-0.05, 0) is 31.0 Å². The van der Waals surface area contributed by atoms with E-state index >= 15 is 0 Å². The zero-order valence-corrected chi connectivity index (χ0v) is 12.1. The van der Waals surface area contributed by atoms with Crippen molar-refractivity contribution in [2.24, 2.45) is 5.73 Å². The van der Waals surface area contributed by atoms with Crippen LogP contribution < -0.4 is 5.73 Å². The maximum absolute atomic E-state index is 13.5. The minimum atomic E-state index is -3.20. The van der Waals surface area contributed by atoms with Gasteiger partial charge in [-0.3, -0.25) is 0 Å². The molecular formula is C11H15BrFNO2S. The molecule has 0 aliphatic carbocycles. The van der Waals surface area contributed by atoms with Crippen molar-refractivity contribution < 1.29 is 12.8 Å². The number of halogens is 2. The second-order valence-electron chi connectivity index (χ2n) is 4.14. The predicted molar refractivity (Wildman–Crippen MR) is 70.1 cm³/mol. The van der Waals surface area contributed by atoms with Crippen molar-refractivity contribution in [3.63, 3.8) is 0 Å². The summed E-state index contributed by atoms with van der Waals surface area (Å²) in [6, 6.07) is 4.04. The summed E-state index contributed by atoms with van der Waals surface area (Å²) >= 11 is 3.16. The summed E-state index contributed by atoms with van der Waals surface area (Å²) in [5.74, 6) is -0.379. The maximum atomic E-state index is 13.5. The van der Waals surface area contributed by atoms with Crippen molar-refractivity contribution in [1.29, 1.82) is 0 Å². The maximum Gasteiger partial charge on any atom is 0.151 e. The number of benzene rings is 1. The molecule has 0 fully saturated rings. The monoisotopic (exact) mass is 323 g/mol. The fourth-order valence-corrected chi connectivity index (χ4v) is 2.49. The lowest BCUT2D eigenvalue weighted by atomic mass is 10.0. The Morgan fingerprint density at radius 1 is 1.47 bits per heavy atom. The van der Waals surface area contributed by atoms with E-state index in [4.69, 9.17) is 5.73 Å². The molecule has 2 atom stereocenters. The van der Waals surface area contributed by atoms with Gasteiger partial charge in [0.05, 0.1) is 5.25 Å². The lowest BCUT2D eigenvalue weighted by molar-refractivity contribution is 0.549. The lowest BCUT2D eigenvalue weighted by Gasteiger charge is -2.18. The number of nitrogens with two attached hydrogens (primary N) is 1. The van der Waals surface area contributed by atoms with E-state index in [1.54, 1.807) is 12.1 Å². The Morgan fingerprint density at radius 3 is 2.53 bits per heavy atom. The second-order valence-corrected chi connectivity index (χ2v) is 7.46. The Morgan fingerprint density at radius 2 is 2.06 bits per heavy atom. The lowest BCUT2D eigenvalue weighted by Crippen LogP contribution is -2.39. The average Bonchev–Trinajstić information content (AvgIpc) is 2.19. The van der Waals surface area contributed by atoms with E-state index in [0.717, 1.165) is 6.26 Å². The highest BCUT2D eigenvalue weighted by Crippen LogP contribution is 2.17. The summed E-state index contributed by atoms with van der Waals surface area (Å²) in [5, 5.41) is -0.689. The van der Waals surface area contributed by atoms with Gasteiger partial charge in [0, 0.05) is 16.8 Å². The summed E-state index contributed by atoms with van der Waals surface area (Å²) in [5.41, 5.74) is 6.21. The zero-order valence-electron chi connectivity index (χ0n) is 9.65. The van der Waals surface area contributed by atoms with Crippen LogP contribution >= 0.6 is 15.9 Å². The molecule has 17 heavy (non-hydrogen) atoms. The Labute approximate surface area is 109 Å². The molecule has 0 radical (unpaired) electrons. The van der Waals surface area contributed by atoms with Crippen molar-refractivity contribution in [3.05, 3.63) is 34.1 Å². The Kier molecular flexibility index (Phi) is 4.69. The van der Waals surface area contributed by atoms with Crippen LogP contribution in [0.2, 0.25) is 0 Å². The van der Waals surface area contributed by atoms with Crippen LogP contribution in [0.15, 0.2) is 22.7 Å². The number of hydrogen-bond acceptors (Lipinski definition) is 3. The average molecular weight is 324 g/mol. The van der Waals surface area contributed by atoms with Crippen LogP contribution in [0.5, 0.6) is 0 Å². The SMILES string of the molecule is CC(C(N)Cc1ccc(Br)cc1F)S(C)(=O)=O. The van der Waals surface area contributed by atoms with Crippen LogP contribution in [0.4, 0.5) is 4.39 Å². The Bertz CT molecular complexity index is 504. The van der Waals surface area contributed by atoms with E-state index in [0.29, 0.717) is 10.0 Å². The van der Waals surface area contributed by atoms with E-state index in [1.807, 2.05) is 0 Å². The number of hydrogen-bond donors (Lipinski definition) is 1. The van der Waals surface area contributed by atoms with Crippen molar-refractivity contribution in [3.8, 4) is 0 Å². The molecule has 0 heterocycles. The molecule has 1 aromatic rings. The number of rotatable bonds is 4. The van der Waals surface area contributed by atoms with Gasteiger partial charge in [-0.2, -0.15) is 0 Å². The molecule has 0 aromatic heterocycles. The summed E-state index contributed by atoms with van der Waals surface area (Å²) in [7, 11) is -3.20. The van der Waals surface area contributed by atoms with Gasteiger partial charge >= 0.3 is 0 Å². The molecule has 0 spiro atoms. The molecule has 0 bridgehead atoms. The first-order valence-corrected chi connectivity index (χ1v) is 7.85. The third-order valence-electron chi connectivity index (χ3n) is 2.75. The molecule has 2 N–H and O–H groups in total. The van der Waals surface area contributed by atoms with Gasteiger partial charge in [0.1, 0.15) is 5.82 Å². The van der Waals surface area contributed by atoms with E-state index in [1.165, 1.54) is 13.0 Å². The van der Waals surface area contributed by atoms with Crippen LogP contribution in [0.25, 0.3) is 0 Å². The highest BCUT2D eigenvalue weighted by atomic mass is 79.9. The molecular weight excluding hydrogens is 309 g/mol. The quantitative estimate of drug-likeness (QED) is 0.920. The minimum absolute atomic E-state index is 0.202. The predicted octanol–water partition coefficient (Wildman–Crippen LogP) is 1.89. The minimum Gasteiger partial charge on any atom is -0.326 e. The standard InChI is InChI=1S/C11H15BrFNO2S/c1-7(17(2,15)16)11(14)5-8-3-4-9(12)6-10(8)13/h3-4,6-7,11H,5,14H2,1-2H3. The molecule has 1 aromatic carbocycles. The van der Waals surface area contributed by atoms with Gasteiger partial charge in [-0.15, -0.1) is 0 Å². The van der Waals surface area contributed by atoms with Crippen LogP contribution in [0.1, 0.15) is 12.5 Å². The largest absolute Gasteiger partial charge is 0.326 e. The molecule has 0 aliphatic heterocycles. The third-order valence-corrected chi connectivity index (χ3v) is 4.94. The molecule has 0 amide bonds. The normalized spacial score (nSPS) is 15.6. The molecule has 96 valence electrons. The van der Waals surface area contributed by atoms with Crippen LogP contribution in [-0.2, 0) is 16.3 Å². The van der Waals surface area contributed by atoms with Gasteiger partial charge in [-0.25, -0.2) is 12.8 Å². The highest BCUT2D eigenvalue weighted by molar-refractivity contribution is 9.10. The summed E-state index contributed by atoms with van der Waals surface area (Å²) < 4.78 is 36.8. The topological polar surface area (TPSA) is 60.2 Å². The second kappa shape index (κ2) is 5.46. The van der Waals surface area contributed by atoms with Crippen molar-refractivity contribution in [1.82, 2.24) is 0 Å². The fraction of sp³-hybridized carbons (Fsp3) is 0.455. The van der Waals surface area contributed by atoms with E-state index in [-0.39, 0.29) is 12.2 Å². The van der Waals surface area contributed by atoms with E-state index < -0.39 is 21.1 Å². The van der Waals surface area contributed by atoms with Crippen LogP contribution in [0.3, 0.4) is 0 Å². The fourth-order valence-electron chi connectivity index (χ4n) is 1.42. The third kappa shape index (κ3) is 4.04. The summed E-state index contributed by atoms with van der Waals surface area (Å²) in [6.45, 7) is 1.54. The molecule has 2 unspecified atom stereocenters. The van der Waals surface area contributed by atoms with E-state index in [2.05, 4.69) is 15.9 Å². The van der Waals surface area contributed by atoms with E-state index in [9.17, 15) is 12.8 Å². The van der Waals surface area contributed by atoms with Crippen LogP contribution in [-0.4, -0.2) is 26.0 Å². The first-order chi connectivity index (χ1) is 7.71. The van der Waals surface area contributed by atoms with Gasteiger partial charge in [0.25, 0.3) is 0 Å². The Hall–Kier alpha value is -0.460. The molecule has 0 saturated heterocycles. The molecule has 0 aliphatic rings. The number of sulfone groups is 1. The highest BCUT2D eigenvalue weighted by Gasteiger charge is 2.23. The van der Waals surface area contributed by atoms with Crippen molar-refractivity contribution in [2.45, 2.75) is 24.6 Å².